The fourth-order valence-electron chi connectivity index (χ4n) is 1.52. The third-order valence-corrected chi connectivity index (χ3v) is 3.08. The van der Waals surface area contributed by atoms with Gasteiger partial charge in [0.1, 0.15) is 5.54 Å². The van der Waals surface area contributed by atoms with Crippen LogP contribution in [0.15, 0.2) is 0 Å². The number of hydrogen-bond donors (Lipinski definition) is 2. The van der Waals surface area contributed by atoms with Crippen LogP contribution in [-0.2, 0) is 4.79 Å². The van der Waals surface area contributed by atoms with Crippen LogP contribution in [0.3, 0.4) is 0 Å². The lowest BCUT2D eigenvalue weighted by molar-refractivity contribution is -0.146. The number of carboxylic acid groups (broad SMARTS) is 1. The van der Waals surface area contributed by atoms with Crippen LogP contribution in [0.4, 0.5) is 0 Å². The SMILES string of the molecule is CCC(C)(C)NC(CC)(CC)C(=O)O. The highest BCUT2D eigenvalue weighted by molar-refractivity contribution is 5.78. The maximum absolute atomic E-state index is 11.2. The summed E-state index contributed by atoms with van der Waals surface area (Å²) in [7, 11) is 0. The molecule has 3 nitrogen and oxygen atoms in total. The Balaban J connectivity index is 4.76. The Kier molecular flexibility index (Phi) is 4.59. The zero-order valence-electron chi connectivity index (χ0n) is 9.98. The maximum atomic E-state index is 11.2. The molecule has 0 radical (unpaired) electrons. The zero-order chi connectivity index (χ0) is 11.4. The molecular formula is C11H23NO2. The lowest BCUT2D eigenvalue weighted by Crippen LogP contribution is -2.59. The van der Waals surface area contributed by atoms with Crippen molar-refractivity contribution in [3.63, 3.8) is 0 Å². The summed E-state index contributed by atoms with van der Waals surface area (Å²) in [4.78, 5) is 11.2. The second-order valence-corrected chi connectivity index (χ2v) is 4.46. The summed E-state index contributed by atoms with van der Waals surface area (Å²) in [6.45, 7) is 9.96. The van der Waals surface area contributed by atoms with Crippen LogP contribution in [0.5, 0.6) is 0 Å². The second kappa shape index (κ2) is 4.78. The molecule has 0 saturated carbocycles. The van der Waals surface area contributed by atoms with E-state index in [9.17, 15) is 9.90 Å². The van der Waals surface area contributed by atoms with Crippen molar-refractivity contribution in [1.29, 1.82) is 0 Å². The molecule has 2 N–H and O–H groups in total. The normalized spacial score (nSPS) is 12.9. The molecule has 0 fully saturated rings. The highest BCUT2D eigenvalue weighted by atomic mass is 16.4. The summed E-state index contributed by atoms with van der Waals surface area (Å²) in [6, 6.07) is 0. The van der Waals surface area contributed by atoms with Crippen LogP contribution in [0.2, 0.25) is 0 Å². The topological polar surface area (TPSA) is 49.3 Å². The van der Waals surface area contributed by atoms with Crippen molar-refractivity contribution in [2.45, 2.75) is 65.0 Å². The fraction of sp³-hybridized carbons (Fsp3) is 0.909. The average Bonchev–Trinajstić information content (AvgIpc) is 2.14. The zero-order valence-corrected chi connectivity index (χ0v) is 9.98. The lowest BCUT2D eigenvalue weighted by atomic mass is 9.88. The van der Waals surface area contributed by atoms with Gasteiger partial charge in [-0.3, -0.25) is 10.1 Å². The minimum Gasteiger partial charge on any atom is -0.480 e. The molecule has 0 aromatic carbocycles. The minimum absolute atomic E-state index is 0.121. The molecule has 0 aromatic heterocycles. The van der Waals surface area contributed by atoms with Crippen molar-refractivity contribution in [3.05, 3.63) is 0 Å². The van der Waals surface area contributed by atoms with E-state index >= 15 is 0 Å². The van der Waals surface area contributed by atoms with Gasteiger partial charge in [0.05, 0.1) is 0 Å². The van der Waals surface area contributed by atoms with Crippen molar-refractivity contribution >= 4 is 5.97 Å². The number of aliphatic carboxylic acids is 1. The number of rotatable bonds is 6. The molecule has 0 amide bonds. The molecule has 3 heteroatoms. The van der Waals surface area contributed by atoms with Gasteiger partial charge in [-0.05, 0) is 33.1 Å². The molecule has 0 spiro atoms. The Morgan fingerprint density at radius 3 is 1.79 bits per heavy atom. The van der Waals surface area contributed by atoms with E-state index in [2.05, 4.69) is 12.2 Å². The van der Waals surface area contributed by atoms with Gasteiger partial charge < -0.3 is 5.11 Å². The van der Waals surface area contributed by atoms with E-state index in [4.69, 9.17) is 0 Å². The molecule has 14 heavy (non-hydrogen) atoms. The number of carbonyl (C=O) groups is 1. The van der Waals surface area contributed by atoms with Gasteiger partial charge in [0, 0.05) is 5.54 Å². The molecular weight excluding hydrogens is 178 g/mol. The van der Waals surface area contributed by atoms with Crippen LogP contribution in [0.25, 0.3) is 0 Å². The van der Waals surface area contributed by atoms with Gasteiger partial charge in [0.15, 0.2) is 0 Å². The van der Waals surface area contributed by atoms with E-state index in [1.54, 1.807) is 0 Å². The molecule has 0 aliphatic heterocycles. The van der Waals surface area contributed by atoms with Crippen LogP contribution in [0.1, 0.15) is 53.9 Å². The first-order valence-corrected chi connectivity index (χ1v) is 5.36. The van der Waals surface area contributed by atoms with E-state index in [0.29, 0.717) is 12.8 Å². The summed E-state index contributed by atoms with van der Waals surface area (Å²) in [5.74, 6) is -0.746. The minimum atomic E-state index is -0.764. The van der Waals surface area contributed by atoms with Crippen molar-refractivity contribution in [1.82, 2.24) is 5.32 Å². The van der Waals surface area contributed by atoms with Gasteiger partial charge in [0.2, 0.25) is 0 Å². The van der Waals surface area contributed by atoms with E-state index in [1.165, 1.54) is 0 Å². The average molecular weight is 201 g/mol. The summed E-state index contributed by atoms with van der Waals surface area (Å²) in [6.07, 6.45) is 2.15. The van der Waals surface area contributed by atoms with Gasteiger partial charge in [0.25, 0.3) is 0 Å². The predicted molar refractivity (Wildman–Crippen MR) is 58.5 cm³/mol. The van der Waals surface area contributed by atoms with Crippen LogP contribution in [0, 0.1) is 0 Å². The lowest BCUT2D eigenvalue weighted by Gasteiger charge is -2.37. The highest BCUT2D eigenvalue weighted by Crippen LogP contribution is 2.21. The largest absolute Gasteiger partial charge is 0.480 e. The summed E-state index contributed by atoms with van der Waals surface area (Å²) in [5, 5.41) is 12.5. The summed E-state index contributed by atoms with van der Waals surface area (Å²) < 4.78 is 0. The van der Waals surface area contributed by atoms with E-state index in [-0.39, 0.29) is 5.54 Å². The van der Waals surface area contributed by atoms with E-state index in [1.807, 2.05) is 27.7 Å². The van der Waals surface area contributed by atoms with Crippen LogP contribution >= 0.6 is 0 Å². The van der Waals surface area contributed by atoms with Crippen molar-refractivity contribution in [2.75, 3.05) is 0 Å². The fourth-order valence-corrected chi connectivity index (χ4v) is 1.52. The van der Waals surface area contributed by atoms with Gasteiger partial charge in [-0.15, -0.1) is 0 Å². The molecule has 0 aliphatic rings. The standard InChI is InChI=1S/C11H23NO2/c1-6-10(4,5)12-11(7-2,8-3)9(13)14/h12H,6-8H2,1-5H3,(H,13,14). The van der Waals surface area contributed by atoms with Crippen LogP contribution in [-0.4, -0.2) is 22.2 Å². The third-order valence-electron chi connectivity index (χ3n) is 3.08. The van der Waals surface area contributed by atoms with Crippen molar-refractivity contribution < 1.29 is 9.90 Å². The first-order chi connectivity index (χ1) is 6.33. The molecule has 0 rings (SSSR count). The third kappa shape index (κ3) is 2.98. The van der Waals surface area contributed by atoms with Crippen molar-refractivity contribution in [3.8, 4) is 0 Å². The number of carboxylic acids is 1. The molecule has 0 heterocycles. The van der Waals surface area contributed by atoms with E-state index < -0.39 is 11.5 Å². The Morgan fingerprint density at radius 1 is 1.14 bits per heavy atom. The molecule has 0 bridgehead atoms. The first-order valence-electron chi connectivity index (χ1n) is 5.36. The van der Waals surface area contributed by atoms with Crippen LogP contribution < -0.4 is 5.32 Å². The van der Waals surface area contributed by atoms with Gasteiger partial charge in [-0.2, -0.15) is 0 Å². The first kappa shape index (κ1) is 13.4. The predicted octanol–water partition coefficient (Wildman–Crippen LogP) is 2.41. The second-order valence-electron chi connectivity index (χ2n) is 4.46. The Labute approximate surface area is 86.9 Å². The number of hydrogen-bond acceptors (Lipinski definition) is 2. The Bertz CT molecular complexity index is 195. The van der Waals surface area contributed by atoms with Gasteiger partial charge in [-0.25, -0.2) is 0 Å². The molecule has 84 valence electrons. The Hall–Kier alpha value is -0.570. The molecule has 0 aromatic rings. The van der Waals surface area contributed by atoms with Gasteiger partial charge >= 0.3 is 5.97 Å². The van der Waals surface area contributed by atoms with Crippen molar-refractivity contribution in [2.24, 2.45) is 0 Å². The summed E-state index contributed by atoms with van der Waals surface area (Å²) >= 11 is 0. The smallest absolute Gasteiger partial charge is 0.323 e. The molecule has 0 aliphatic carbocycles. The summed E-state index contributed by atoms with van der Waals surface area (Å²) in [5.41, 5.74) is -0.885. The van der Waals surface area contributed by atoms with Gasteiger partial charge in [-0.1, -0.05) is 20.8 Å². The quantitative estimate of drug-likeness (QED) is 0.693. The van der Waals surface area contributed by atoms with E-state index in [0.717, 1.165) is 6.42 Å². The molecule has 0 saturated heterocycles. The number of nitrogens with one attached hydrogen (secondary N) is 1. The highest BCUT2D eigenvalue weighted by Gasteiger charge is 2.38. The Morgan fingerprint density at radius 2 is 1.57 bits per heavy atom. The molecule has 0 unspecified atom stereocenters. The maximum Gasteiger partial charge on any atom is 0.323 e. The molecule has 0 atom stereocenters. The monoisotopic (exact) mass is 201 g/mol.